The molecule has 2 heteroatoms. The van der Waals surface area contributed by atoms with Crippen LogP contribution in [0.4, 0.5) is 0 Å². The average Bonchev–Trinajstić information content (AvgIpc) is 2.45. The molecule has 1 N–H and O–H groups in total. The minimum Gasteiger partial charge on any atom is -0.364 e. The average molecular weight is 340 g/mol. The fourth-order valence-electron chi connectivity index (χ4n) is 3.79. The van der Waals surface area contributed by atoms with Crippen molar-refractivity contribution in [3.63, 3.8) is 0 Å². The molecule has 0 amide bonds. The lowest BCUT2D eigenvalue weighted by Crippen LogP contribution is -2.22. The second-order valence-corrected chi connectivity index (χ2v) is 8.37. The number of allylic oxidation sites excluding steroid dienone is 1. The molecule has 1 atom stereocenters. The van der Waals surface area contributed by atoms with Gasteiger partial charge in [0, 0.05) is 10.6 Å². The topological polar surface area (TPSA) is 20.2 Å². The van der Waals surface area contributed by atoms with Crippen molar-refractivity contribution in [1.29, 1.82) is 0 Å². The summed E-state index contributed by atoms with van der Waals surface area (Å²) in [5.41, 5.74) is 8.75. The molecule has 24 heavy (non-hydrogen) atoms. The van der Waals surface area contributed by atoms with Crippen LogP contribution in [0, 0.1) is 41.5 Å². The molecule has 0 aromatic heterocycles. The number of rotatable bonds is 5. The van der Waals surface area contributed by atoms with E-state index in [1.54, 1.807) is 0 Å². The Morgan fingerprint density at radius 1 is 0.875 bits per heavy atom. The number of aryl methyl sites for hydroxylation is 5. The third-order valence-corrected chi connectivity index (χ3v) is 6.99. The largest absolute Gasteiger partial charge is 0.364 e. The molecular formula is C22H29OP. The molecule has 0 radical (unpaired) electrons. The quantitative estimate of drug-likeness (QED) is 0.600. The van der Waals surface area contributed by atoms with Crippen LogP contribution in [0.3, 0.4) is 0 Å². The zero-order valence-corrected chi connectivity index (χ0v) is 16.7. The maximum absolute atomic E-state index is 11.3. The summed E-state index contributed by atoms with van der Waals surface area (Å²) in [6, 6.07) is 6.57. The van der Waals surface area contributed by atoms with Crippen molar-refractivity contribution in [2.24, 2.45) is 0 Å². The van der Waals surface area contributed by atoms with Crippen molar-refractivity contribution in [2.45, 2.75) is 54.4 Å². The molecule has 0 heterocycles. The lowest BCUT2D eigenvalue weighted by molar-refractivity contribution is 0.644. The molecule has 128 valence electrons. The fraction of sp³-hybridized carbons (Fsp3) is 0.364. The van der Waals surface area contributed by atoms with E-state index >= 15 is 0 Å². The lowest BCUT2D eigenvalue weighted by atomic mass is 9.96. The van der Waals surface area contributed by atoms with E-state index in [0.717, 1.165) is 23.5 Å². The van der Waals surface area contributed by atoms with Crippen LogP contribution in [0.25, 0.3) is 0 Å². The Bertz CT molecular complexity index is 751. The molecule has 0 bridgehead atoms. The highest BCUT2D eigenvalue weighted by Gasteiger charge is 2.22. The van der Waals surface area contributed by atoms with Crippen LogP contribution in [-0.2, 0) is 6.42 Å². The first kappa shape index (κ1) is 18.9. The predicted octanol–water partition coefficient (Wildman–Crippen LogP) is 5.00. The molecule has 1 nitrogen and oxygen atoms in total. The second kappa shape index (κ2) is 7.64. The van der Waals surface area contributed by atoms with Crippen LogP contribution >= 0.6 is 8.15 Å². The first-order chi connectivity index (χ1) is 11.3. The third-order valence-electron chi connectivity index (χ3n) is 4.75. The third kappa shape index (κ3) is 3.63. The highest BCUT2D eigenvalue weighted by atomic mass is 31.1. The summed E-state index contributed by atoms with van der Waals surface area (Å²) >= 11 is 0. The van der Waals surface area contributed by atoms with Gasteiger partial charge in [-0.25, -0.2) is 0 Å². The molecule has 0 aliphatic heterocycles. The van der Waals surface area contributed by atoms with Gasteiger partial charge in [-0.1, -0.05) is 29.8 Å². The van der Waals surface area contributed by atoms with Gasteiger partial charge in [-0.3, -0.25) is 0 Å². The summed E-state index contributed by atoms with van der Waals surface area (Å²) in [6.45, 7) is 16.6. The molecule has 0 spiro atoms. The molecule has 2 rings (SSSR count). The smallest absolute Gasteiger partial charge is 0.0888 e. The van der Waals surface area contributed by atoms with Gasteiger partial charge < -0.3 is 4.89 Å². The van der Waals surface area contributed by atoms with Crippen molar-refractivity contribution >= 4 is 18.8 Å². The summed E-state index contributed by atoms with van der Waals surface area (Å²) < 4.78 is 0. The molecule has 1 unspecified atom stereocenters. The summed E-state index contributed by atoms with van der Waals surface area (Å²) in [5, 5.41) is 2.24. The van der Waals surface area contributed by atoms with E-state index in [4.69, 9.17) is 0 Å². The van der Waals surface area contributed by atoms with Gasteiger partial charge in [0.15, 0.2) is 0 Å². The van der Waals surface area contributed by atoms with Crippen molar-refractivity contribution < 1.29 is 4.89 Å². The first-order valence-electron chi connectivity index (χ1n) is 8.55. The Morgan fingerprint density at radius 2 is 1.42 bits per heavy atom. The Kier molecular flexibility index (Phi) is 6.01. The van der Waals surface area contributed by atoms with Crippen LogP contribution < -0.4 is 10.6 Å². The minimum atomic E-state index is -1.34. The number of hydrogen-bond donors (Lipinski definition) is 1. The monoisotopic (exact) mass is 340 g/mol. The van der Waals surface area contributed by atoms with Crippen LogP contribution in [0.2, 0.25) is 0 Å². The van der Waals surface area contributed by atoms with Gasteiger partial charge >= 0.3 is 0 Å². The summed E-state index contributed by atoms with van der Waals surface area (Å²) in [4.78, 5) is 11.3. The van der Waals surface area contributed by atoms with E-state index < -0.39 is 8.15 Å². The van der Waals surface area contributed by atoms with Crippen LogP contribution in [0.5, 0.6) is 0 Å². The van der Waals surface area contributed by atoms with Gasteiger partial charge in [0.2, 0.25) is 0 Å². The van der Waals surface area contributed by atoms with Gasteiger partial charge in [-0.2, -0.15) is 0 Å². The fourth-order valence-corrected chi connectivity index (χ4v) is 5.66. The zero-order chi connectivity index (χ0) is 18.0. The molecule has 0 aliphatic rings. The van der Waals surface area contributed by atoms with Crippen molar-refractivity contribution in [3.05, 3.63) is 69.8 Å². The number of hydrogen-bond acceptors (Lipinski definition) is 1. The Hall–Kier alpha value is -1.43. The van der Waals surface area contributed by atoms with Gasteiger partial charge in [0.25, 0.3) is 0 Å². The van der Waals surface area contributed by atoms with Crippen molar-refractivity contribution in [2.75, 3.05) is 0 Å². The molecule has 2 aromatic carbocycles. The van der Waals surface area contributed by atoms with E-state index in [1.807, 2.05) is 6.08 Å². The van der Waals surface area contributed by atoms with Crippen molar-refractivity contribution in [1.82, 2.24) is 0 Å². The summed E-state index contributed by atoms with van der Waals surface area (Å²) in [5.74, 6) is 0. The molecule has 0 saturated carbocycles. The summed E-state index contributed by atoms with van der Waals surface area (Å²) in [6.07, 6.45) is 3.92. The van der Waals surface area contributed by atoms with Gasteiger partial charge in [-0.05, 0) is 87.8 Å². The molecule has 0 saturated heterocycles. The first-order valence-corrected chi connectivity index (χ1v) is 9.84. The van der Waals surface area contributed by atoms with Crippen LogP contribution in [0.1, 0.15) is 45.4 Å². The molecular weight excluding hydrogens is 311 g/mol. The van der Waals surface area contributed by atoms with Crippen molar-refractivity contribution in [3.8, 4) is 0 Å². The number of benzene rings is 2. The van der Waals surface area contributed by atoms with Gasteiger partial charge in [-0.15, -0.1) is 6.58 Å². The minimum absolute atomic E-state index is 0.968. The van der Waals surface area contributed by atoms with E-state index in [-0.39, 0.29) is 0 Å². The normalized spacial score (nSPS) is 12.3. The lowest BCUT2D eigenvalue weighted by Gasteiger charge is -2.23. The van der Waals surface area contributed by atoms with E-state index in [0.29, 0.717) is 0 Å². The Balaban J connectivity index is 2.62. The second-order valence-electron chi connectivity index (χ2n) is 6.85. The highest BCUT2D eigenvalue weighted by molar-refractivity contribution is 7.68. The molecule has 2 aromatic rings. The van der Waals surface area contributed by atoms with Gasteiger partial charge in [0.1, 0.15) is 0 Å². The SMILES string of the molecule is C=CCCc1c(C)cc(C)c(P(O)c2c(C)cc(C)cc2C)c1C. The molecule has 0 fully saturated rings. The Morgan fingerprint density at radius 3 is 1.96 bits per heavy atom. The maximum atomic E-state index is 11.3. The summed E-state index contributed by atoms with van der Waals surface area (Å²) in [7, 11) is -1.34. The van der Waals surface area contributed by atoms with E-state index in [9.17, 15) is 4.89 Å². The van der Waals surface area contributed by atoms with Crippen LogP contribution in [0.15, 0.2) is 30.9 Å². The van der Waals surface area contributed by atoms with E-state index in [1.165, 1.54) is 38.9 Å². The predicted molar refractivity (Wildman–Crippen MR) is 108 cm³/mol. The zero-order valence-electron chi connectivity index (χ0n) is 15.8. The maximum Gasteiger partial charge on any atom is 0.0888 e. The van der Waals surface area contributed by atoms with Crippen LogP contribution in [-0.4, -0.2) is 4.89 Å². The van der Waals surface area contributed by atoms with Gasteiger partial charge in [0.05, 0.1) is 8.15 Å². The highest BCUT2D eigenvalue weighted by Crippen LogP contribution is 2.36. The van der Waals surface area contributed by atoms with E-state index in [2.05, 4.69) is 66.3 Å². The standard InChI is InChI=1S/C22H29OP/c1-8-9-10-20-15(3)13-18(6)22(19(20)7)24(23)21-16(4)11-14(2)12-17(21)5/h8,11-13,23H,1,9-10H2,2-7H3. The Labute approximate surface area is 148 Å². The molecule has 0 aliphatic carbocycles.